The Morgan fingerprint density at radius 3 is 2.73 bits per heavy atom. The van der Waals surface area contributed by atoms with E-state index in [0.717, 1.165) is 19.3 Å². The topological polar surface area (TPSA) is 66.5 Å². The second-order valence-corrected chi connectivity index (χ2v) is 9.63. The minimum atomic E-state index is -3.47. The third kappa shape index (κ3) is 4.72. The van der Waals surface area contributed by atoms with E-state index < -0.39 is 10.0 Å². The van der Waals surface area contributed by atoms with E-state index in [4.69, 9.17) is 0 Å². The first-order valence-electron chi connectivity index (χ1n) is 8.92. The molecule has 1 aliphatic rings. The van der Waals surface area contributed by atoms with Gasteiger partial charge in [0.1, 0.15) is 4.21 Å². The number of nitrogens with one attached hydrogen (secondary N) is 1. The number of amides is 1. The summed E-state index contributed by atoms with van der Waals surface area (Å²) >= 11 is 1.22. The standard InChI is InChI=1S/C19H24N2O3S2/c22-19(20-12-4-9-16-7-2-1-3-8-16)17-10-5-13-21(15-17)26(23,24)18-11-6-14-25-18/h1-3,6-8,11,14,17H,4-5,9-10,12-13,15H2,(H,20,22)/t17-/m0/s1. The molecule has 140 valence electrons. The van der Waals surface area contributed by atoms with Gasteiger partial charge in [-0.05, 0) is 42.7 Å². The minimum absolute atomic E-state index is 0.0378. The quantitative estimate of drug-likeness (QED) is 0.737. The van der Waals surface area contributed by atoms with Crippen molar-refractivity contribution >= 4 is 27.3 Å². The van der Waals surface area contributed by atoms with E-state index in [1.165, 1.54) is 21.2 Å². The molecule has 0 radical (unpaired) electrons. The van der Waals surface area contributed by atoms with E-state index in [1.807, 2.05) is 18.2 Å². The van der Waals surface area contributed by atoms with Gasteiger partial charge in [-0.3, -0.25) is 4.79 Å². The fraction of sp³-hybridized carbons (Fsp3) is 0.421. The van der Waals surface area contributed by atoms with E-state index in [1.54, 1.807) is 17.5 Å². The lowest BCUT2D eigenvalue weighted by Gasteiger charge is -2.30. The van der Waals surface area contributed by atoms with Gasteiger partial charge in [-0.1, -0.05) is 36.4 Å². The number of aryl methyl sites for hydroxylation is 1. The predicted octanol–water partition coefficient (Wildman–Crippen LogP) is 2.90. The summed E-state index contributed by atoms with van der Waals surface area (Å²) < 4.78 is 27.1. The summed E-state index contributed by atoms with van der Waals surface area (Å²) in [5, 5.41) is 4.73. The average molecular weight is 393 g/mol. The van der Waals surface area contributed by atoms with Gasteiger partial charge >= 0.3 is 0 Å². The van der Waals surface area contributed by atoms with Crippen LogP contribution in [0.5, 0.6) is 0 Å². The summed E-state index contributed by atoms with van der Waals surface area (Å²) in [5.41, 5.74) is 1.26. The zero-order chi connectivity index (χ0) is 18.4. The predicted molar refractivity (Wildman–Crippen MR) is 104 cm³/mol. The Hall–Kier alpha value is -1.70. The Balaban J connectivity index is 1.49. The Kier molecular flexibility index (Phi) is 6.45. The first kappa shape index (κ1) is 19.1. The molecule has 0 spiro atoms. The smallest absolute Gasteiger partial charge is 0.252 e. The lowest BCUT2D eigenvalue weighted by atomic mass is 9.99. The van der Waals surface area contributed by atoms with Crippen LogP contribution in [0.1, 0.15) is 24.8 Å². The van der Waals surface area contributed by atoms with Gasteiger partial charge in [-0.2, -0.15) is 4.31 Å². The van der Waals surface area contributed by atoms with Crippen molar-refractivity contribution in [3.8, 4) is 0 Å². The maximum atomic E-state index is 12.6. The maximum absolute atomic E-state index is 12.6. The van der Waals surface area contributed by atoms with Gasteiger partial charge < -0.3 is 5.32 Å². The van der Waals surface area contributed by atoms with E-state index in [9.17, 15) is 13.2 Å². The highest BCUT2D eigenvalue weighted by molar-refractivity contribution is 7.91. The molecule has 1 aromatic carbocycles. The third-order valence-corrected chi connectivity index (χ3v) is 7.87. The maximum Gasteiger partial charge on any atom is 0.252 e. The molecule has 2 aromatic rings. The van der Waals surface area contributed by atoms with Crippen LogP contribution in [0.15, 0.2) is 52.1 Å². The van der Waals surface area contributed by atoms with Gasteiger partial charge in [-0.15, -0.1) is 11.3 Å². The van der Waals surface area contributed by atoms with Crippen molar-refractivity contribution < 1.29 is 13.2 Å². The van der Waals surface area contributed by atoms with Crippen molar-refractivity contribution in [2.75, 3.05) is 19.6 Å². The van der Waals surface area contributed by atoms with Crippen LogP contribution in [0.3, 0.4) is 0 Å². The second-order valence-electron chi connectivity index (χ2n) is 6.51. The molecule has 1 atom stereocenters. The summed E-state index contributed by atoms with van der Waals surface area (Å²) in [6.07, 6.45) is 3.25. The van der Waals surface area contributed by atoms with E-state index in [-0.39, 0.29) is 18.4 Å². The van der Waals surface area contributed by atoms with Gasteiger partial charge in [0.05, 0.1) is 5.92 Å². The van der Waals surface area contributed by atoms with Crippen molar-refractivity contribution in [2.24, 2.45) is 5.92 Å². The van der Waals surface area contributed by atoms with Gasteiger partial charge in [0.25, 0.3) is 10.0 Å². The first-order chi connectivity index (χ1) is 12.6. The van der Waals surface area contributed by atoms with Crippen LogP contribution in [-0.4, -0.2) is 38.3 Å². The molecule has 1 amide bonds. The molecule has 26 heavy (non-hydrogen) atoms. The monoisotopic (exact) mass is 392 g/mol. The lowest BCUT2D eigenvalue weighted by Crippen LogP contribution is -2.45. The molecule has 5 nitrogen and oxygen atoms in total. The number of nitrogens with zero attached hydrogens (tertiary/aromatic N) is 1. The normalized spacial score (nSPS) is 18.5. The van der Waals surface area contributed by atoms with Crippen LogP contribution >= 0.6 is 11.3 Å². The molecule has 7 heteroatoms. The molecule has 0 aliphatic carbocycles. The van der Waals surface area contributed by atoms with Crippen LogP contribution in [0.4, 0.5) is 0 Å². The van der Waals surface area contributed by atoms with Crippen molar-refractivity contribution in [3.05, 3.63) is 53.4 Å². The molecular formula is C19H24N2O3S2. The number of piperidine rings is 1. The molecule has 0 saturated carbocycles. The SMILES string of the molecule is O=C(NCCCc1ccccc1)[C@H]1CCCN(S(=O)(=O)c2cccs2)C1. The van der Waals surface area contributed by atoms with Gasteiger partial charge in [0, 0.05) is 19.6 Å². The van der Waals surface area contributed by atoms with Crippen LogP contribution in [0, 0.1) is 5.92 Å². The molecule has 2 heterocycles. The van der Waals surface area contributed by atoms with Crippen LogP contribution in [0.25, 0.3) is 0 Å². The number of hydrogen-bond acceptors (Lipinski definition) is 4. The van der Waals surface area contributed by atoms with Gasteiger partial charge in [0.2, 0.25) is 5.91 Å². The number of sulfonamides is 1. The molecule has 1 aromatic heterocycles. The van der Waals surface area contributed by atoms with Gasteiger partial charge in [-0.25, -0.2) is 8.42 Å². The Morgan fingerprint density at radius 1 is 1.19 bits per heavy atom. The number of hydrogen-bond donors (Lipinski definition) is 1. The molecule has 1 aliphatic heterocycles. The highest BCUT2D eigenvalue weighted by atomic mass is 32.2. The summed E-state index contributed by atoms with van der Waals surface area (Å²) in [6, 6.07) is 13.5. The van der Waals surface area contributed by atoms with E-state index >= 15 is 0 Å². The summed E-state index contributed by atoms with van der Waals surface area (Å²) in [4.78, 5) is 12.4. The third-order valence-electron chi connectivity index (χ3n) is 4.63. The van der Waals surface area contributed by atoms with Crippen molar-refractivity contribution in [1.82, 2.24) is 9.62 Å². The number of benzene rings is 1. The second kappa shape index (κ2) is 8.79. The highest BCUT2D eigenvalue weighted by Crippen LogP contribution is 2.26. The van der Waals surface area contributed by atoms with Crippen LogP contribution in [0.2, 0.25) is 0 Å². The largest absolute Gasteiger partial charge is 0.356 e. The Bertz CT molecular complexity index is 805. The minimum Gasteiger partial charge on any atom is -0.356 e. The average Bonchev–Trinajstić information content (AvgIpc) is 3.22. The molecule has 1 fully saturated rings. The van der Waals surface area contributed by atoms with E-state index in [0.29, 0.717) is 23.7 Å². The lowest BCUT2D eigenvalue weighted by molar-refractivity contribution is -0.126. The molecule has 0 unspecified atom stereocenters. The first-order valence-corrected chi connectivity index (χ1v) is 11.2. The summed E-state index contributed by atoms with van der Waals surface area (Å²) in [6.45, 7) is 1.37. The van der Waals surface area contributed by atoms with E-state index in [2.05, 4.69) is 17.4 Å². The van der Waals surface area contributed by atoms with Crippen molar-refractivity contribution in [2.45, 2.75) is 29.9 Å². The molecule has 3 rings (SSSR count). The summed E-state index contributed by atoms with van der Waals surface area (Å²) in [5.74, 6) is -0.306. The number of carbonyl (C=O) groups is 1. The Morgan fingerprint density at radius 2 is 2.00 bits per heavy atom. The van der Waals surface area contributed by atoms with Crippen LogP contribution in [-0.2, 0) is 21.2 Å². The fourth-order valence-corrected chi connectivity index (χ4v) is 5.87. The zero-order valence-corrected chi connectivity index (χ0v) is 16.3. The molecule has 1 N–H and O–H groups in total. The molecule has 1 saturated heterocycles. The number of rotatable bonds is 7. The van der Waals surface area contributed by atoms with Gasteiger partial charge in [0.15, 0.2) is 0 Å². The van der Waals surface area contributed by atoms with Crippen molar-refractivity contribution in [3.63, 3.8) is 0 Å². The van der Waals surface area contributed by atoms with Crippen molar-refractivity contribution in [1.29, 1.82) is 0 Å². The fourth-order valence-electron chi connectivity index (χ4n) is 3.21. The van der Waals surface area contributed by atoms with Crippen LogP contribution < -0.4 is 5.32 Å². The highest BCUT2D eigenvalue weighted by Gasteiger charge is 2.33. The zero-order valence-electron chi connectivity index (χ0n) is 14.6. The Labute approximate surface area is 159 Å². The summed E-state index contributed by atoms with van der Waals surface area (Å²) in [7, 11) is -3.47. The number of carbonyl (C=O) groups excluding carboxylic acids is 1. The number of thiophene rings is 1. The molecule has 0 bridgehead atoms. The molecular weight excluding hydrogens is 368 g/mol.